The number of nitrogens with one attached hydrogen (secondary N) is 1. The molecule has 0 unspecified atom stereocenters. The molecule has 4 rings (SSSR count). The van der Waals surface area contributed by atoms with Crippen LogP contribution in [-0.2, 0) is 13.0 Å². The van der Waals surface area contributed by atoms with Crippen molar-refractivity contribution in [1.82, 2.24) is 29.6 Å². The average Bonchev–Trinajstić information content (AvgIpc) is 3.20. The average molecular weight is 377 g/mol. The number of aryl methyl sites for hydroxylation is 1. The van der Waals surface area contributed by atoms with Gasteiger partial charge in [0.1, 0.15) is 11.5 Å². The summed E-state index contributed by atoms with van der Waals surface area (Å²) in [6.07, 6.45) is 10.5. The van der Waals surface area contributed by atoms with E-state index < -0.39 is 0 Å². The van der Waals surface area contributed by atoms with E-state index in [1.807, 2.05) is 41.3 Å². The van der Waals surface area contributed by atoms with Crippen molar-refractivity contribution >= 4 is 11.5 Å². The van der Waals surface area contributed by atoms with Gasteiger partial charge in [0.05, 0.1) is 18.4 Å². The van der Waals surface area contributed by atoms with Crippen molar-refractivity contribution in [1.29, 1.82) is 0 Å². The first-order chi connectivity index (χ1) is 13.8. The number of aromatic nitrogens is 5. The molecule has 28 heavy (non-hydrogen) atoms. The predicted molar refractivity (Wildman–Crippen MR) is 110 cm³/mol. The molecule has 3 aromatic rings. The van der Waals surface area contributed by atoms with Gasteiger partial charge in [0.2, 0.25) is 0 Å². The van der Waals surface area contributed by atoms with E-state index in [4.69, 9.17) is 0 Å². The Morgan fingerprint density at radius 1 is 1.07 bits per heavy atom. The van der Waals surface area contributed by atoms with Gasteiger partial charge in [-0.25, -0.2) is 9.97 Å². The zero-order valence-electron chi connectivity index (χ0n) is 16.4. The molecule has 0 spiro atoms. The largest absolute Gasteiger partial charge is 0.338 e. The monoisotopic (exact) mass is 377 g/mol. The summed E-state index contributed by atoms with van der Waals surface area (Å²) in [5, 5.41) is 7.86. The van der Waals surface area contributed by atoms with E-state index in [2.05, 4.69) is 37.2 Å². The van der Waals surface area contributed by atoms with Crippen molar-refractivity contribution in [3.63, 3.8) is 0 Å². The Bertz CT molecular complexity index is 885. The van der Waals surface area contributed by atoms with E-state index in [0.717, 1.165) is 42.4 Å². The van der Waals surface area contributed by atoms with E-state index in [0.29, 0.717) is 5.82 Å². The molecule has 0 atom stereocenters. The fraction of sp³-hybridized carbons (Fsp3) is 0.429. The Morgan fingerprint density at radius 3 is 2.75 bits per heavy atom. The first-order valence-electron chi connectivity index (χ1n) is 10.1. The maximum absolute atomic E-state index is 4.65. The molecule has 0 aliphatic carbocycles. The topological polar surface area (TPSA) is 71.8 Å². The highest BCUT2D eigenvalue weighted by molar-refractivity contribution is 5.58. The Kier molecular flexibility index (Phi) is 5.92. The molecule has 146 valence electrons. The highest BCUT2D eigenvalue weighted by Crippen LogP contribution is 2.19. The van der Waals surface area contributed by atoms with Crippen molar-refractivity contribution in [3.05, 3.63) is 48.5 Å². The lowest BCUT2D eigenvalue weighted by molar-refractivity contribution is 0.218. The lowest BCUT2D eigenvalue weighted by Crippen LogP contribution is -2.32. The molecule has 0 radical (unpaired) electrons. The van der Waals surface area contributed by atoms with E-state index in [1.54, 1.807) is 6.20 Å². The molecular formula is C21H27N7. The summed E-state index contributed by atoms with van der Waals surface area (Å²) in [7, 11) is 0. The van der Waals surface area contributed by atoms with Gasteiger partial charge in [0.25, 0.3) is 0 Å². The zero-order chi connectivity index (χ0) is 19.2. The van der Waals surface area contributed by atoms with Crippen LogP contribution in [0.4, 0.5) is 11.5 Å². The second kappa shape index (κ2) is 8.93. The van der Waals surface area contributed by atoms with Crippen LogP contribution in [0, 0.1) is 0 Å². The second-order valence-corrected chi connectivity index (χ2v) is 7.16. The minimum atomic E-state index is 0.639. The minimum absolute atomic E-state index is 0.639. The smallest absolute Gasteiger partial charge is 0.180 e. The summed E-state index contributed by atoms with van der Waals surface area (Å²) in [6, 6.07) is 7.75. The first-order valence-corrected chi connectivity index (χ1v) is 10.1. The number of rotatable bonds is 7. The van der Waals surface area contributed by atoms with Gasteiger partial charge < -0.3 is 10.2 Å². The highest BCUT2D eigenvalue weighted by Gasteiger charge is 2.11. The molecule has 1 N–H and O–H groups in total. The lowest BCUT2D eigenvalue weighted by atomic mass is 10.1. The summed E-state index contributed by atoms with van der Waals surface area (Å²) in [4.78, 5) is 16.2. The number of nitrogens with zero attached hydrogens (tertiary/aromatic N) is 6. The van der Waals surface area contributed by atoms with Gasteiger partial charge in [-0.15, -0.1) is 0 Å². The Hall–Kier alpha value is -2.80. The number of hydrogen-bond acceptors (Lipinski definition) is 6. The molecular weight excluding hydrogens is 350 g/mol. The normalized spacial score (nSPS) is 14.9. The molecule has 1 fully saturated rings. The van der Waals surface area contributed by atoms with Gasteiger partial charge in [0, 0.05) is 30.7 Å². The fourth-order valence-corrected chi connectivity index (χ4v) is 3.48. The molecule has 7 nitrogen and oxygen atoms in total. The van der Waals surface area contributed by atoms with Crippen LogP contribution < -0.4 is 5.32 Å². The molecule has 0 aromatic carbocycles. The van der Waals surface area contributed by atoms with Crippen LogP contribution in [-0.4, -0.2) is 49.3 Å². The number of likely N-dealkylation sites (tertiary alicyclic amines) is 1. The van der Waals surface area contributed by atoms with Crippen LogP contribution in [0.15, 0.2) is 42.9 Å². The van der Waals surface area contributed by atoms with Crippen LogP contribution in [0.3, 0.4) is 0 Å². The molecule has 1 saturated heterocycles. The highest BCUT2D eigenvalue weighted by atomic mass is 15.3. The third-order valence-corrected chi connectivity index (χ3v) is 5.04. The molecule has 0 saturated carbocycles. The maximum atomic E-state index is 4.65. The van der Waals surface area contributed by atoms with Crippen LogP contribution >= 0.6 is 0 Å². The minimum Gasteiger partial charge on any atom is -0.338 e. The molecule has 3 aromatic heterocycles. The second-order valence-electron chi connectivity index (χ2n) is 7.16. The van der Waals surface area contributed by atoms with Gasteiger partial charge >= 0.3 is 0 Å². The van der Waals surface area contributed by atoms with E-state index in [9.17, 15) is 0 Å². The van der Waals surface area contributed by atoms with Gasteiger partial charge in [-0.1, -0.05) is 19.4 Å². The number of anilines is 2. The quantitative estimate of drug-likeness (QED) is 0.679. The Balaban J connectivity index is 1.44. The Morgan fingerprint density at radius 2 is 1.96 bits per heavy atom. The van der Waals surface area contributed by atoms with Crippen molar-refractivity contribution < 1.29 is 0 Å². The summed E-state index contributed by atoms with van der Waals surface area (Å²) >= 11 is 0. The van der Waals surface area contributed by atoms with Gasteiger partial charge in [0.15, 0.2) is 5.82 Å². The maximum Gasteiger partial charge on any atom is 0.180 e. The van der Waals surface area contributed by atoms with Gasteiger partial charge in [-0.2, -0.15) is 5.10 Å². The molecule has 4 heterocycles. The first kappa shape index (κ1) is 18.6. The van der Waals surface area contributed by atoms with E-state index in [1.165, 1.54) is 32.4 Å². The summed E-state index contributed by atoms with van der Waals surface area (Å²) in [5.41, 5.74) is 2.69. The SMILES string of the molecule is CCc1cc(Nc2cnn(CCN3CCCCC3)c2)nc(-c2ccccn2)n1. The summed E-state index contributed by atoms with van der Waals surface area (Å²) in [6.45, 7) is 6.48. The van der Waals surface area contributed by atoms with Crippen molar-refractivity contribution in [2.75, 3.05) is 25.0 Å². The van der Waals surface area contributed by atoms with Gasteiger partial charge in [-0.05, 0) is 44.5 Å². The van der Waals surface area contributed by atoms with E-state index in [-0.39, 0.29) is 0 Å². The summed E-state index contributed by atoms with van der Waals surface area (Å²) < 4.78 is 2.00. The van der Waals surface area contributed by atoms with Crippen molar-refractivity contribution in [2.45, 2.75) is 39.2 Å². The third kappa shape index (κ3) is 4.72. The van der Waals surface area contributed by atoms with Crippen molar-refractivity contribution in [2.24, 2.45) is 0 Å². The van der Waals surface area contributed by atoms with Crippen molar-refractivity contribution in [3.8, 4) is 11.5 Å². The zero-order valence-corrected chi connectivity index (χ0v) is 16.4. The molecule has 0 bridgehead atoms. The van der Waals surface area contributed by atoms with Crippen LogP contribution in [0.2, 0.25) is 0 Å². The number of piperidine rings is 1. The van der Waals surface area contributed by atoms with Crippen LogP contribution in [0.5, 0.6) is 0 Å². The Labute approximate surface area is 165 Å². The number of pyridine rings is 1. The van der Waals surface area contributed by atoms with E-state index >= 15 is 0 Å². The predicted octanol–water partition coefficient (Wildman–Crippen LogP) is 3.53. The summed E-state index contributed by atoms with van der Waals surface area (Å²) in [5.74, 6) is 1.41. The molecule has 7 heteroatoms. The lowest BCUT2D eigenvalue weighted by Gasteiger charge is -2.26. The van der Waals surface area contributed by atoms with Crippen LogP contribution in [0.25, 0.3) is 11.5 Å². The molecule has 1 aliphatic heterocycles. The fourth-order valence-electron chi connectivity index (χ4n) is 3.48. The third-order valence-electron chi connectivity index (χ3n) is 5.04. The van der Waals surface area contributed by atoms with Crippen LogP contribution in [0.1, 0.15) is 31.9 Å². The number of hydrogen-bond donors (Lipinski definition) is 1. The molecule has 0 amide bonds. The van der Waals surface area contributed by atoms with Gasteiger partial charge in [-0.3, -0.25) is 9.67 Å². The molecule has 1 aliphatic rings. The standard InChI is InChI=1S/C21H27N7/c1-2-17-14-20(26-21(25-17)19-8-4-5-9-22-19)24-18-15-23-28(16-18)13-12-27-10-6-3-7-11-27/h4-5,8-9,14-16H,2-3,6-7,10-13H2,1H3,(H,24,25,26).